The second-order valence-corrected chi connectivity index (χ2v) is 1.94. The first-order valence-corrected chi connectivity index (χ1v) is 3.35. The minimum Gasteiger partial charge on any atom is -0.395 e. The third-order valence-electron chi connectivity index (χ3n) is 1.17. The molecule has 70 valence electrons. The molecule has 3 N–H and O–H groups in total. The molecule has 0 aromatic rings. The molecule has 0 bridgehead atoms. The Labute approximate surface area is 68.9 Å². The number of hydrogen-bond donors (Lipinski definition) is 3. The Morgan fingerprint density at radius 3 is 2.17 bits per heavy atom. The average Bonchev–Trinajstić information content (AvgIpc) is 2.04. The Balaban J connectivity index is 3.89. The van der Waals surface area contributed by atoms with E-state index in [9.17, 15) is 9.70 Å². The second kappa shape index (κ2) is 6.50. The number of urea groups is 1. The van der Waals surface area contributed by atoms with E-state index in [4.69, 9.17) is 10.2 Å². The molecule has 0 aliphatic heterocycles. The molecule has 7 heteroatoms. The van der Waals surface area contributed by atoms with E-state index in [1.165, 1.54) is 0 Å². The van der Waals surface area contributed by atoms with Gasteiger partial charge in [0.05, 0.1) is 18.5 Å². The van der Waals surface area contributed by atoms with Crippen molar-refractivity contribution in [2.24, 2.45) is 5.29 Å². The Morgan fingerprint density at radius 2 is 1.83 bits per heavy atom. The largest absolute Gasteiger partial charge is 0.395 e. The van der Waals surface area contributed by atoms with E-state index < -0.39 is 6.03 Å². The normalized spacial score (nSPS) is 9.17. The summed E-state index contributed by atoms with van der Waals surface area (Å²) in [5.41, 5.74) is 1.65. The first-order chi connectivity index (χ1) is 5.76. The lowest BCUT2D eigenvalue weighted by atomic mass is 10.5. The summed E-state index contributed by atoms with van der Waals surface area (Å²) in [6.45, 7) is -0.345. The van der Waals surface area contributed by atoms with Crippen LogP contribution in [0.15, 0.2) is 5.29 Å². The molecule has 0 heterocycles. The molecule has 0 fully saturated rings. The zero-order valence-electron chi connectivity index (χ0n) is 6.43. The quantitative estimate of drug-likeness (QED) is 0.357. The number of aliphatic hydroxyl groups is 2. The molecule has 0 atom stereocenters. The first-order valence-electron chi connectivity index (χ1n) is 3.35. The van der Waals surface area contributed by atoms with Crippen LogP contribution in [-0.2, 0) is 0 Å². The van der Waals surface area contributed by atoms with Gasteiger partial charge in [-0.3, -0.25) is 0 Å². The van der Waals surface area contributed by atoms with Crippen LogP contribution in [-0.4, -0.2) is 47.4 Å². The van der Waals surface area contributed by atoms with Crippen molar-refractivity contribution < 1.29 is 15.0 Å². The SMILES string of the molecule is O=NNC(=O)N(CCO)CCO. The third-order valence-corrected chi connectivity index (χ3v) is 1.17. The fraction of sp³-hybridized carbons (Fsp3) is 0.800. The summed E-state index contributed by atoms with van der Waals surface area (Å²) < 4.78 is 0. The van der Waals surface area contributed by atoms with Gasteiger partial charge < -0.3 is 15.1 Å². The zero-order valence-corrected chi connectivity index (χ0v) is 6.43. The van der Waals surface area contributed by atoms with Crippen molar-refractivity contribution in [1.29, 1.82) is 0 Å². The number of nitrogens with one attached hydrogen (secondary N) is 1. The van der Waals surface area contributed by atoms with E-state index in [2.05, 4.69) is 5.29 Å². The maximum atomic E-state index is 10.8. The van der Waals surface area contributed by atoms with Crippen LogP contribution < -0.4 is 5.43 Å². The highest BCUT2D eigenvalue weighted by atomic mass is 16.3. The minimum absolute atomic E-state index is 0.0575. The van der Waals surface area contributed by atoms with Crippen LogP contribution in [0.4, 0.5) is 4.79 Å². The van der Waals surface area contributed by atoms with Gasteiger partial charge in [0.25, 0.3) is 0 Å². The number of nitrogens with zero attached hydrogens (tertiary/aromatic N) is 2. The van der Waals surface area contributed by atoms with Crippen molar-refractivity contribution in [2.45, 2.75) is 0 Å². The number of carbonyl (C=O) groups is 1. The molecule has 0 aliphatic rings. The molecule has 12 heavy (non-hydrogen) atoms. The minimum atomic E-state index is -0.729. The standard InChI is InChI=1S/C5H11N3O4/c9-3-1-8(2-4-10)5(11)6-7-12/h9-10H,1-4H2,(H,6,11,12). The number of aliphatic hydroxyl groups excluding tert-OH is 2. The van der Waals surface area contributed by atoms with Crippen LogP contribution in [0.3, 0.4) is 0 Å². The third kappa shape index (κ3) is 3.84. The van der Waals surface area contributed by atoms with Gasteiger partial charge in [-0.2, -0.15) is 5.43 Å². The highest BCUT2D eigenvalue weighted by Crippen LogP contribution is 1.87. The maximum absolute atomic E-state index is 10.8. The molecule has 0 aromatic carbocycles. The van der Waals surface area contributed by atoms with E-state index in [1.807, 2.05) is 0 Å². The van der Waals surface area contributed by atoms with Crippen molar-refractivity contribution in [3.8, 4) is 0 Å². The molecule has 7 nitrogen and oxygen atoms in total. The predicted octanol–water partition coefficient (Wildman–Crippen LogP) is -1.34. The van der Waals surface area contributed by atoms with Gasteiger partial charge in [0, 0.05) is 13.1 Å². The molecule has 0 radical (unpaired) electrons. The van der Waals surface area contributed by atoms with Crippen molar-refractivity contribution in [3.63, 3.8) is 0 Å². The van der Waals surface area contributed by atoms with E-state index in [-0.39, 0.29) is 26.3 Å². The van der Waals surface area contributed by atoms with Crippen LogP contribution >= 0.6 is 0 Å². The lowest BCUT2D eigenvalue weighted by molar-refractivity contribution is 0.158. The van der Waals surface area contributed by atoms with Crippen LogP contribution in [0.5, 0.6) is 0 Å². The predicted molar refractivity (Wildman–Crippen MR) is 40.1 cm³/mol. The number of nitroso groups, excluding NO2 is 1. The van der Waals surface area contributed by atoms with E-state index in [0.717, 1.165) is 4.90 Å². The zero-order chi connectivity index (χ0) is 9.40. The monoisotopic (exact) mass is 177 g/mol. The molecule has 0 saturated carbocycles. The fourth-order valence-electron chi connectivity index (χ4n) is 0.666. The van der Waals surface area contributed by atoms with Crippen molar-refractivity contribution >= 4 is 6.03 Å². The van der Waals surface area contributed by atoms with Crippen molar-refractivity contribution in [3.05, 3.63) is 4.91 Å². The number of rotatable bonds is 5. The molecule has 0 aromatic heterocycles. The van der Waals surface area contributed by atoms with Gasteiger partial charge in [0.15, 0.2) is 0 Å². The Bertz CT molecular complexity index is 146. The highest BCUT2D eigenvalue weighted by Gasteiger charge is 2.10. The van der Waals surface area contributed by atoms with Gasteiger partial charge >= 0.3 is 6.03 Å². The van der Waals surface area contributed by atoms with E-state index >= 15 is 0 Å². The van der Waals surface area contributed by atoms with Crippen molar-refractivity contribution in [1.82, 2.24) is 10.3 Å². The molecular formula is C5H11N3O4. The van der Waals surface area contributed by atoms with Gasteiger partial charge in [-0.1, -0.05) is 0 Å². The van der Waals surface area contributed by atoms with Gasteiger partial charge in [-0.15, -0.1) is 4.91 Å². The van der Waals surface area contributed by atoms with Crippen LogP contribution in [0.2, 0.25) is 0 Å². The molecule has 0 aliphatic carbocycles. The Hall–Kier alpha value is -1.21. The van der Waals surface area contributed by atoms with E-state index in [1.54, 1.807) is 5.43 Å². The van der Waals surface area contributed by atoms with Gasteiger partial charge in [-0.05, 0) is 0 Å². The molecule has 0 saturated heterocycles. The summed E-state index contributed by atoms with van der Waals surface area (Å²) in [6.07, 6.45) is 0. The smallest absolute Gasteiger partial charge is 0.340 e. The Morgan fingerprint density at radius 1 is 1.33 bits per heavy atom. The molecular weight excluding hydrogens is 166 g/mol. The lowest BCUT2D eigenvalue weighted by Crippen LogP contribution is -2.40. The number of carbonyl (C=O) groups excluding carboxylic acids is 1. The topological polar surface area (TPSA) is 102 Å². The summed E-state index contributed by atoms with van der Waals surface area (Å²) in [6, 6.07) is -0.729. The Kier molecular flexibility index (Phi) is 5.84. The summed E-state index contributed by atoms with van der Waals surface area (Å²) >= 11 is 0. The van der Waals surface area contributed by atoms with Gasteiger partial charge in [0.2, 0.25) is 0 Å². The maximum Gasteiger partial charge on any atom is 0.340 e. The summed E-state index contributed by atoms with van der Waals surface area (Å²) in [5, 5.41) is 19.1. The lowest BCUT2D eigenvalue weighted by Gasteiger charge is -2.18. The molecule has 0 rings (SSSR count). The van der Waals surface area contributed by atoms with Crippen molar-refractivity contribution in [2.75, 3.05) is 26.3 Å². The highest BCUT2D eigenvalue weighted by molar-refractivity contribution is 5.73. The average molecular weight is 177 g/mol. The van der Waals surface area contributed by atoms with Crippen LogP contribution in [0.25, 0.3) is 0 Å². The summed E-state index contributed by atoms with van der Waals surface area (Å²) in [5.74, 6) is 0. The summed E-state index contributed by atoms with van der Waals surface area (Å²) in [4.78, 5) is 21.5. The van der Waals surface area contributed by atoms with Gasteiger partial charge in [0.1, 0.15) is 0 Å². The number of amides is 2. The molecule has 2 amide bonds. The van der Waals surface area contributed by atoms with Gasteiger partial charge in [-0.25, -0.2) is 4.79 Å². The van der Waals surface area contributed by atoms with E-state index in [0.29, 0.717) is 0 Å². The van der Waals surface area contributed by atoms with Crippen LogP contribution in [0.1, 0.15) is 0 Å². The second-order valence-electron chi connectivity index (χ2n) is 1.94. The van der Waals surface area contributed by atoms with Crippen LogP contribution in [0, 0.1) is 4.91 Å². The molecule has 0 unspecified atom stereocenters. The molecule has 0 spiro atoms. The fourth-order valence-corrected chi connectivity index (χ4v) is 0.666. The first kappa shape index (κ1) is 10.8. The summed E-state index contributed by atoms with van der Waals surface area (Å²) in [7, 11) is 0. The number of hydrogen-bond acceptors (Lipinski definition) is 5.